The third-order valence-electron chi connectivity index (χ3n) is 8.92. The van der Waals surface area contributed by atoms with Gasteiger partial charge in [0.15, 0.2) is 0 Å². The van der Waals surface area contributed by atoms with Gasteiger partial charge in [-0.2, -0.15) is 27.8 Å². The average molecular weight is 697 g/mol. The fourth-order valence-electron chi connectivity index (χ4n) is 6.36. The maximum Gasteiger partial charge on any atom is 0.326 e. The molecule has 2 atom stereocenters. The second kappa shape index (κ2) is 18.1. The molecule has 0 spiro atoms. The van der Waals surface area contributed by atoms with E-state index < -0.39 is 27.9 Å². The van der Waals surface area contributed by atoms with Gasteiger partial charge in [0, 0.05) is 23.9 Å². The number of hydrogen-bond donors (Lipinski definition) is 2. The summed E-state index contributed by atoms with van der Waals surface area (Å²) < 4.78 is 30.6. The minimum atomic E-state index is -3.85. The Balaban J connectivity index is 1.78. The SMILES string of the molecule is CCSC[C@H](CC1CCCCC1)N(Cc1ccc(C(=O)N[C@@H](CCSC)C(=O)O)c(-c2ccccc2C)c1)S(=O)(=O)c1ccccc1. The van der Waals surface area contributed by atoms with E-state index in [2.05, 4.69) is 12.2 Å². The molecule has 254 valence electrons. The molecule has 3 aromatic carbocycles. The Kier molecular flexibility index (Phi) is 14.3. The lowest BCUT2D eigenvalue weighted by atomic mass is 9.85. The Labute approximate surface area is 289 Å². The van der Waals surface area contributed by atoms with Gasteiger partial charge >= 0.3 is 5.97 Å². The van der Waals surface area contributed by atoms with E-state index in [0.717, 1.165) is 41.7 Å². The first kappa shape index (κ1) is 37.0. The molecule has 3 aromatic rings. The second-order valence-corrected chi connectivity index (χ2v) is 16.5. The van der Waals surface area contributed by atoms with Gasteiger partial charge < -0.3 is 10.4 Å². The van der Waals surface area contributed by atoms with E-state index in [9.17, 15) is 23.1 Å². The number of thioether (sulfide) groups is 2. The molecule has 1 amide bonds. The lowest BCUT2D eigenvalue weighted by Crippen LogP contribution is -2.43. The maximum absolute atomic E-state index is 14.4. The van der Waals surface area contributed by atoms with Crippen molar-refractivity contribution in [2.45, 2.75) is 82.3 Å². The number of aliphatic carboxylic acids is 1. The lowest BCUT2D eigenvalue weighted by Gasteiger charge is -2.34. The van der Waals surface area contributed by atoms with Gasteiger partial charge in [0.1, 0.15) is 6.04 Å². The van der Waals surface area contributed by atoms with Crippen molar-refractivity contribution >= 4 is 45.4 Å². The largest absolute Gasteiger partial charge is 0.480 e. The molecule has 1 aliphatic carbocycles. The number of carboxylic acid groups (broad SMARTS) is 1. The Morgan fingerprint density at radius 1 is 0.979 bits per heavy atom. The predicted octanol–water partition coefficient (Wildman–Crippen LogP) is 7.88. The van der Waals surface area contributed by atoms with Crippen molar-refractivity contribution in [3.8, 4) is 11.1 Å². The van der Waals surface area contributed by atoms with E-state index in [1.54, 1.807) is 46.4 Å². The zero-order chi connectivity index (χ0) is 33.8. The number of carboxylic acids is 1. The molecule has 1 fully saturated rings. The van der Waals surface area contributed by atoms with Crippen LogP contribution in [0.2, 0.25) is 0 Å². The molecule has 0 bridgehead atoms. The summed E-state index contributed by atoms with van der Waals surface area (Å²) >= 11 is 3.30. The van der Waals surface area contributed by atoms with E-state index in [0.29, 0.717) is 35.0 Å². The van der Waals surface area contributed by atoms with Crippen molar-refractivity contribution in [2.75, 3.05) is 23.5 Å². The lowest BCUT2D eigenvalue weighted by molar-refractivity contribution is -0.139. The zero-order valence-electron chi connectivity index (χ0n) is 27.7. The molecule has 4 rings (SSSR count). The van der Waals surface area contributed by atoms with Crippen molar-refractivity contribution in [3.05, 3.63) is 89.5 Å². The van der Waals surface area contributed by atoms with Crippen molar-refractivity contribution in [1.29, 1.82) is 0 Å². The number of carbonyl (C=O) groups is 2. The topological polar surface area (TPSA) is 104 Å². The predicted molar refractivity (Wildman–Crippen MR) is 196 cm³/mol. The summed E-state index contributed by atoms with van der Waals surface area (Å²) in [6.07, 6.45) is 8.90. The van der Waals surface area contributed by atoms with Crippen molar-refractivity contribution in [1.82, 2.24) is 9.62 Å². The summed E-state index contributed by atoms with van der Waals surface area (Å²) in [4.78, 5) is 25.9. The zero-order valence-corrected chi connectivity index (χ0v) is 30.1. The van der Waals surface area contributed by atoms with Crippen LogP contribution < -0.4 is 5.32 Å². The quantitative estimate of drug-likeness (QED) is 0.148. The van der Waals surface area contributed by atoms with Crippen molar-refractivity contribution in [2.24, 2.45) is 5.92 Å². The molecule has 2 N–H and O–H groups in total. The van der Waals surface area contributed by atoms with Crippen LogP contribution in [0, 0.1) is 12.8 Å². The van der Waals surface area contributed by atoms with Crippen LogP contribution in [0.3, 0.4) is 0 Å². The van der Waals surface area contributed by atoms with Crippen LogP contribution in [0.4, 0.5) is 0 Å². The highest BCUT2D eigenvalue weighted by Crippen LogP contribution is 2.34. The summed E-state index contributed by atoms with van der Waals surface area (Å²) in [5, 5.41) is 12.5. The molecular formula is C37H48N2O5S3. The van der Waals surface area contributed by atoms with Gasteiger partial charge in [-0.1, -0.05) is 87.6 Å². The molecule has 7 nitrogen and oxygen atoms in total. The van der Waals surface area contributed by atoms with Crippen LogP contribution in [0.5, 0.6) is 0 Å². The number of amides is 1. The first-order valence-corrected chi connectivity index (χ1v) is 20.5. The van der Waals surface area contributed by atoms with Crippen molar-refractivity contribution in [3.63, 3.8) is 0 Å². The van der Waals surface area contributed by atoms with Crippen LogP contribution in [0.1, 0.15) is 73.4 Å². The number of sulfonamides is 1. The normalized spacial score (nSPS) is 15.3. The Morgan fingerprint density at radius 2 is 1.68 bits per heavy atom. The number of benzene rings is 3. The first-order chi connectivity index (χ1) is 22.6. The van der Waals surface area contributed by atoms with E-state index in [4.69, 9.17) is 0 Å². The minimum absolute atomic E-state index is 0.158. The standard InChI is InChI=1S/C37H48N2O5S3/c1-4-46-26-30(23-28-14-7-5-8-15-28)39(47(43,44)31-16-9-6-10-17-31)25-29-19-20-33(34(24-29)32-18-12-11-13-27(32)2)36(40)38-35(37(41)42)21-22-45-3/h6,9-13,16-20,24,28,30,35H,4-5,7-8,14-15,21-23,25-26H2,1-3H3,(H,38,40)(H,41,42)/t30-,35-/m0/s1. The fraction of sp³-hybridized carbons (Fsp3) is 0.459. The van der Waals surface area contributed by atoms with Crippen LogP contribution >= 0.6 is 23.5 Å². The van der Waals surface area contributed by atoms with Gasteiger partial charge in [0.05, 0.1) is 4.90 Å². The third kappa shape index (κ3) is 10.1. The highest BCUT2D eigenvalue weighted by Gasteiger charge is 2.34. The van der Waals surface area contributed by atoms with Gasteiger partial charge in [0.2, 0.25) is 10.0 Å². The summed E-state index contributed by atoms with van der Waals surface area (Å²) in [5.41, 5.74) is 3.58. The molecule has 0 radical (unpaired) electrons. The van der Waals surface area contributed by atoms with E-state index in [1.165, 1.54) is 31.0 Å². The molecule has 0 aromatic heterocycles. The van der Waals surface area contributed by atoms with Gasteiger partial charge in [-0.3, -0.25) is 4.79 Å². The molecule has 0 aliphatic heterocycles. The van der Waals surface area contributed by atoms with Gasteiger partial charge in [0.25, 0.3) is 5.91 Å². The van der Waals surface area contributed by atoms with E-state index in [1.807, 2.05) is 55.6 Å². The molecule has 47 heavy (non-hydrogen) atoms. The number of nitrogens with one attached hydrogen (secondary N) is 1. The van der Waals surface area contributed by atoms with Gasteiger partial charge in [-0.15, -0.1) is 0 Å². The fourth-order valence-corrected chi connectivity index (χ4v) is 9.40. The van der Waals surface area contributed by atoms with E-state index >= 15 is 0 Å². The number of carbonyl (C=O) groups excluding carboxylic acids is 1. The number of nitrogens with zero attached hydrogens (tertiary/aromatic N) is 1. The highest BCUT2D eigenvalue weighted by atomic mass is 32.2. The number of aryl methyl sites for hydroxylation is 1. The summed E-state index contributed by atoms with van der Waals surface area (Å²) in [6.45, 7) is 4.23. The van der Waals surface area contributed by atoms with Crippen LogP contribution in [0.15, 0.2) is 77.7 Å². The van der Waals surface area contributed by atoms with Crippen LogP contribution in [0.25, 0.3) is 11.1 Å². The minimum Gasteiger partial charge on any atom is -0.480 e. The van der Waals surface area contributed by atoms with E-state index in [-0.39, 0.29) is 17.5 Å². The maximum atomic E-state index is 14.4. The summed E-state index contributed by atoms with van der Waals surface area (Å²) in [7, 11) is -3.85. The smallest absolute Gasteiger partial charge is 0.326 e. The monoisotopic (exact) mass is 696 g/mol. The van der Waals surface area contributed by atoms with Crippen molar-refractivity contribution < 1.29 is 23.1 Å². The molecular weight excluding hydrogens is 649 g/mol. The number of hydrogen-bond acceptors (Lipinski definition) is 6. The van der Waals surface area contributed by atoms with Crippen LogP contribution in [-0.4, -0.2) is 65.3 Å². The van der Waals surface area contributed by atoms with Crippen LogP contribution in [-0.2, 0) is 21.4 Å². The molecule has 0 heterocycles. The molecule has 1 saturated carbocycles. The Hall–Kier alpha value is -2.79. The van der Waals surface area contributed by atoms with Gasteiger partial charge in [-0.05, 0) is 90.0 Å². The molecule has 0 unspecified atom stereocenters. The third-order valence-corrected chi connectivity index (χ3v) is 12.5. The Morgan fingerprint density at radius 3 is 2.34 bits per heavy atom. The van der Waals surface area contributed by atoms with Gasteiger partial charge in [-0.25, -0.2) is 13.2 Å². The highest BCUT2D eigenvalue weighted by molar-refractivity contribution is 7.99. The summed E-state index contributed by atoms with van der Waals surface area (Å²) in [6, 6.07) is 20.6. The summed E-state index contributed by atoms with van der Waals surface area (Å²) in [5.74, 6) is 1.16. The number of rotatable bonds is 17. The second-order valence-electron chi connectivity index (χ2n) is 12.3. The first-order valence-electron chi connectivity index (χ1n) is 16.5. The average Bonchev–Trinajstić information content (AvgIpc) is 3.08. The molecule has 0 saturated heterocycles. The molecule has 10 heteroatoms. The molecule has 1 aliphatic rings. The Bertz CT molecular complexity index is 1580.